The molecule has 1 rings (SSSR count). The summed E-state index contributed by atoms with van der Waals surface area (Å²) in [4.78, 5) is 4.25. The molecular formula is C8H16N2. The normalized spacial score (nSPS) is 31.0. The van der Waals surface area contributed by atoms with Crippen molar-refractivity contribution in [2.45, 2.75) is 31.7 Å². The Bertz CT molecular complexity index is 129. The number of nitrogens with one attached hydrogen (secondary N) is 1. The van der Waals surface area contributed by atoms with Gasteiger partial charge in [0.15, 0.2) is 0 Å². The molecular weight excluding hydrogens is 124 g/mol. The molecule has 1 aliphatic rings. The number of aliphatic imine (C=N–C) groups is 1. The van der Waals surface area contributed by atoms with Crippen molar-refractivity contribution in [2.24, 2.45) is 4.99 Å². The van der Waals surface area contributed by atoms with E-state index in [9.17, 15) is 0 Å². The van der Waals surface area contributed by atoms with E-state index in [2.05, 4.69) is 10.3 Å². The molecule has 0 aromatic rings. The van der Waals surface area contributed by atoms with Gasteiger partial charge in [-0.1, -0.05) is 6.42 Å². The molecule has 10 heavy (non-hydrogen) atoms. The number of hydrogen-bond acceptors (Lipinski definition) is 2. The second kappa shape index (κ2) is 3.71. The Morgan fingerprint density at radius 2 is 2.30 bits per heavy atom. The summed E-state index contributed by atoms with van der Waals surface area (Å²) in [6, 6.07) is 0.568. The molecule has 1 saturated carbocycles. The quantitative estimate of drug-likeness (QED) is 0.582. The number of rotatable bonds is 1. The number of hydrogen-bond donors (Lipinski definition) is 1. The van der Waals surface area contributed by atoms with Crippen molar-refractivity contribution in [3.63, 3.8) is 0 Å². The fourth-order valence-electron chi connectivity index (χ4n) is 1.57. The van der Waals surface area contributed by atoms with E-state index in [4.69, 9.17) is 0 Å². The zero-order chi connectivity index (χ0) is 7.40. The highest BCUT2D eigenvalue weighted by Gasteiger charge is 2.16. The Balaban J connectivity index is 2.50. The molecule has 2 heteroatoms. The first-order valence-electron chi connectivity index (χ1n) is 4.01. The largest absolute Gasteiger partial charge is 0.312 e. The minimum atomic E-state index is 0.568. The first kappa shape index (κ1) is 7.73. The Morgan fingerprint density at radius 3 is 2.80 bits per heavy atom. The smallest absolute Gasteiger partial charge is 0.0448 e. The maximum absolute atomic E-state index is 4.25. The third-order valence-electron chi connectivity index (χ3n) is 2.21. The maximum atomic E-state index is 4.25. The molecule has 0 spiro atoms. The predicted molar refractivity (Wildman–Crippen MR) is 44.7 cm³/mol. The van der Waals surface area contributed by atoms with Crippen molar-refractivity contribution in [1.82, 2.24) is 5.32 Å². The lowest BCUT2D eigenvalue weighted by Crippen LogP contribution is -2.36. The van der Waals surface area contributed by atoms with Crippen LogP contribution in [0.5, 0.6) is 0 Å². The molecule has 1 N–H and O–H groups in total. The van der Waals surface area contributed by atoms with Crippen LogP contribution in [0.3, 0.4) is 0 Å². The second-order valence-corrected chi connectivity index (χ2v) is 2.80. The van der Waals surface area contributed by atoms with Crippen molar-refractivity contribution in [3.8, 4) is 0 Å². The molecule has 1 fully saturated rings. The summed E-state index contributed by atoms with van der Waals surface area (Å²) in [5.41, 5.74) is 1.36. The van der Waals surface area contributed by atoms with Gasteiger partial charge in [0.25, 0.3) is 0 Å². The highest BCUT2D eigenvalue weighted by molar-refractivity contribution is 5.90. The van der Waals surface area contributed by atoms with Crippen LogP contribution in [0.15, 0.2) is 4.99 Å². The molecule has 1 atom stereocenters. The summed E-state index contributed by atoms with van der Waals surface area (Å²) in [5, 5.41) is 3.27. The van der Waals surface area contributed by atoms with Crippen LogP contribution in [0.25, 0.3) is 0 Å². The lowest BCUT2D eigenvalue weighted by Gasteiger charge is -2.22. The summed E-state index contributed by atoms with van der Waals surface area (Å²) in [5.74, 6) is 0. The van der Waals surface area contributed by atoms with Crippen molar-refractivity contribution in [1.29, 1.82) is 0 Å². The van der Waals surface area contributed by atoms with Crippen LogP contribution in [0.2, 0.25) is 0 Å². The molecule has 0 saturated heterocycles. The molecule has 0 amide bonds. The van der Waals surface area contributed by atoms with Crippen molar-refractivity contribution in [2.75, 3.05) is 14.1 Å². The van der Waals surface area contributed by atoms with Crippen molar-refractivity contribution < 1.29 is 0 Å². The monoisotopic (exact) mass is 140 g/mol. The maximum Gasteiger partial charge on any atom is 0.0448 e. The van der Waals surface area contributed by atoms with E-state index >= 15 is 0 Å². The molecule has 0 bridgehead atoms. The minimum Gasteiger partial charge on any atom is -0.312 e. The van der Waals surface area contributed by atoms with E-state index in [0.717, 1.165) is 0 Å². The van der Waals surface area contributed by atoms with Gasteiger partial charge in [0, 0.05) is 18.8 Å². The van der Waals surface area contributed by atoms with E-state index < -0.39 is 0 Å². The van der Waals surface area contributed by atoms with E-state index in [1.165, 1.54) is 31.4 Å². The van der Waals surface area contributed by atoms with E-state index in [1.54, 1.807) is 0 Å². The lowest BCUT2D eigenvalue weighted by atomic mass is 9.93. The summed E-state index contributed by atoms with van der Waals surface area (Å²) in [7, 11) is 3.91. The standard InChI is InChI=1S/C8H16N2/c1-9-7-5-3-4-6-8(7)10-2/h7,9H,3-6H2,1-2H3. The average molecular weight is 140 g/mol. The summed E-state index contributed by atoms with van der Waals surface area (Å²) in [6.45, 7) is 0. The Hall–Kier alpha value is -0.370. The van der Waals surface area contributed by atoms with Gasteiger partial charge in [-0.05, 0) is 26.3 Å². The molecule has 0 aromatic heterocycles. The SMILES string of the molecule is CN=C1CCCCC1NC. The minimum absolute atomic E-state index is 0.568. The third kappa shape index (κ3) is 1.57. The highest BCUT2D eigenvalue weighted by atomic mass is 14.9. The molecule has 2 nitrogen and oxygen atoms in total. The lowest BCUT2D eigenvalue weighted by molar-refractivity contribution is 0.548. The molecule has 0 aromatic carbocycles. The van der Waals surface area contributed by atoms with Crippen molar-refractivity contribution in [3.05, 3.63) is 0 Å². The molecule has 0 radical (unpaired) electrons. The van der Waals surface area contributed by atoms with Crippen LogP contribution in [0.4, 0.5) is 0 Å². The zero-order valence-electron chi connectivity index (χ0n) is 6.85. The summed E-state index contributed by atoms with van der Waals surface area (Å²) >= 11 is 0. The van der Waals surface area contributed by atoms with E-state index in [1.807, 2.05) is 14.1 Å². The molecule has 58 valence electrons. The molecule has 1 aliphatic carbocycles. The first-order chi connectivity index (χ1) is 4.88. The Kier molecular flexibility index (Phi) is 2.87. The Morgan fingerprint density at radius 1 is 1.50 bits per heavy atom. The summed E-state index contributed by atoms with van der Waals surface area (Å²) < 4.78 is 0. The zero-order valence-corrected chi connectivity index (χ0v) is 6.85. The van der Waals surface area contributed by atoms with Gasteiger partial charge in [-0.25, -0.2) is 0 Å². The van der Waals surface area contributed by atoms with Crippen LogP contribution in [0, 0.1) is 0 Å². The van der Waals surface area contributed by atoms with Gasteiger partial charge in [0.05, 0.1) is 0 Å². The Labute approximate surface area is 62.7 Å². The van der Waals surface area contributed by atoms with Gasteiger partial charge >= 0.3 is 0 Å². The highest BCUT2D eigenvalue weighted by Crippen LogP contribution is 2.14. The van der Waals surface area contributed by atoms with E-state index in [-0.39, 0.29) is 0 Å². The van der Waals surface area contributed by atoms with Gasteiger partial charge in [0.1, 0.15) is 0 Å². The summed E-state index contributed by atoms with van der Waals surface area (Å²) in [6.07, 6.45) is 5.14. The fourth-order valence-corrected chi connectivity index (χ4v) is 1.57. The third-order valence-corrected chi connectivity index (χ3v) is 2.21. The molecule has 0 aliphatic heterocycles. The number of nitrogens with zero attached hydrogens (tertiary/aromatic N) is 1. The van der Waals surface area contributed by atoms with Gasteiger partial charge in [0.2, 0.25) is 0 Å². The predicted octanol–water partition coefficient (Wildman–Crippen LogP) is 1.22. The van der Waals surface area contributed by atoms with Gasteiger partial charge in [-0.2, -0.15) is 0 Å². The van der Waals surface area contributed by atoms with Crippen LogP contribution >= 0.6 is 0 Å². The topological polar surface area (TPSA) is 24.4 Å². The van der Waals surface area contributed by atoms with Crippen LogP contribution < -0.4 is 5.32 Å². The molecule has 1 unspecified atom stereocenters. The average Bonchev–Trinajstić information content (AvgIpc) is 2.04. The van der Waals surface area contributed by atoms with E-state index in [0.29, 0.717) is 6.04 Å². The van der Waals surface area contributed by atoms with Crippen LogP contribution in [-0.2, 0) is 0 Å². The van der Waals surface area contributed by atoms with Gasteiger partial charge in [-0.3, -0.25) is 4.99 Å². The fraction of sp³-hybridized carbons (Fsp3) is 0.875. The van der Waals surface area contributed by atoms with Gasteiger partial charge in [-0.15, -0.1) is 0 Å². The first-order valence-corrected chi connectivity index (χ1v) is 4.01. The molecule has 0 heterocycles. The van der Waals surface area contributed by atoms with Crippen LogP contribution in [-0.4, -0.2) is 25.8 Å². The van der Waals surface area contributed by atoms with Crippen molar-refractivity contribution >= 4 is 5.71 Å². The second-order valence-electron chi connectivity index (χ2n) is 2.80. The van der Waals surface area contributed by atoms with Gasteiger partial charge < -0.3 is 5.32 Å². The van der Waals surface area contributed by atoms with Crippen LogP contribution in [0.1, 0.15) is 25.7 Å².